The minimum Gasteiger partial charge on any atom is -0.357 e. The minimum atomic E-state index is -3.01. The monoisotopic (exact) mass is 303 g/mol. The van der Waals surface area contributed by atoms with Gasteiger partial charge in [-0.25, -0.2) is 8.42 Å². The SMILES string of the molecule is CCNC(=NCC(C)(C)C)N1CCS(=O)(=O)C(C)(C)C1. The molecular formula is C14H29N3O2S. The van der Waals surface area contributed by atoms with Crippen molar-refractivity contribution in [1.82, 2.24) is 10.2 Å². The number of nitrogens with one attached hydrogen (secondary N) is 1. The number of sulfone groups is 1. The number of hydrogen-bond donors (Lipinski definition) is 1. The molecule has 0 radical (unpaired) electrons. The molecule has 1 aliphatic heterocycles. The van der Waals surface area contributed by atoms with Crippen LogP contribution in [0, 0.1) is 5.41 Å². The first kappa shape index (κ1) is 17.3. The van der Waals surface area contributed by atoms with Gasteiger partial charge >= 0.3 is 0 Å². The van der Waals surface area contributed by atoms with Crippen LogP contribution in [0.1, 0.15) is 41.5 Å². The van der Waals surface area contributed by atoms with Gasteiger partial charge in [0, 0.05) is 26.2 Å². The lowest BCUT2D eigenvalue weighted by molar-refractivity contribution is 0.348. The molecule has 0 aromatic carbocycles. The Hall–Kier alpha value is -0.780. The summed E-state index contributed by atoms with van der Waals surface area (Å²) in [7, 11) is -3.01. The molecule has 1 fully saturated rings. The Morgan fingerprint density at radius 3 is 2.40 bits per heavy atom. The van der Waals surface area contributed by atoms with Crippen molar-refractivity contribution in [1.29, 1.82) is 0 Å². The molecular weight excluding hydrogens is 274 g/mol. The Morgan fingerprint density at radius 2 is 1.95 bits per heavy atom. The molecule has 6 heteroatoms. The highest BCUT2D eigenvalue weighted by Crippen LogP contribution is 2.24. The zero-order chi connectivity index (χ0) is 15.6. The molecule has 20 heavy (non-hydrogen) atoms. The van der Waals surface area contributed by atoms with Crippen LogP contribution in [-0.2, 0) is 9.84 Å². The van der Waals surface area contributed by atoms with Gasteiger partial charge in [0.25, 0.3) is 0 Å². The van der Waals surface area contributed by atoms with Crippen LogP contribution < -0.4 is 5.32 Å². The Bertz CT molecular complexity index is 461. The summed E-state index contributed by atoms with van der Waals surface area (Å²) in [4.78, 5) is 6.72. The fourth-order valence-corrected chi connectivity index (χ4v) is 3.43. The molecule has 0 amide bonds. The zero-order valence-electron chi connectivity index (χ0n) is 13.7. The second-order valence-corrected chi connectivity index (χ2v) is 9.97. The molecule has 0 unspecified atom stereocenters. The molecule has 5 nitrogen and oxygen atoms in total. The Labute approximate surface area is 123 Å². The van der Waals surface area contributed by atoms with E-state index in [1.165, 1.54) is 0 Å². The summed E-state index contributed by atoms with van der Waals surface area (Å²) in [5.74, 6) is 1.02. The minimum absolute atomic E-state index is 0.123. The van der Waals surface area contributed by atoms with E-state index in [2.05, 4.69) is 36.0 Å². The maximum Gasteiger partial charge on any atom is 0.194 e. The largest absolute Gasteiger partial charge is 0.357 e. The lowest BCUT2D eigenvalue weighted by atomic mass is 9.97. The van der Waals surface area contributed by atoms with Crippen molar-refractivity contribution in [3.63, 3.8) is 0 Å². The Balaban J connectivity index is 2.90. The molecule has 1 N–H and O–H groups in total. The van der Waals surface area contributed by atoms with Gasteiger partial charge < -0.3 is 10.2 Å². The van der Waals surface area contributed by atoms with Gasteiger partial charge in [-0.2, -0.15) is 0 Å². The first-order valence-electron chi connectivity index (χ1n) is 7.24. The molecule has 0 bridgehead atoms. The fraction of sp³-hybridized carbons (Fsp3) is 0.929. The number of hydrogen-bond acceptors (Lipinski definition) is 3. The second-order valence-electron chi connectivity index (χ2n) is 7.23. The zero-order valence-corrected chi connectivity index (χ0v) is 14.5. The van der Waals surface area contributed by atoms with Gasteiger partial charge in [0.05, 0.1) is 10.5 Å². The molecule has 1 rings (SSSR count). The van der Waals surface area contributed by atoms with Gasteiger partial charge in [-0.15, -0.1) is 0 Å². The number of guanidine groups is 1. The third kappa shape index (κ3) is 4.36. The van der Waals surface area contributed by atoms with E-state index in [0.717, 1.165) is 19.0 Å². The molecule has 0 saturated carbocycles. The van der Waals surface area contributed by atoms with Crippen LogP contribution in [0.3, 0.4) is 0 Å². The van der Waals surface area contributed by atoms with Crippen LogP contribution >= 0.6 is 0 Å². The molecule has 0 aliphatic carbocycles. The van der Waals surface area contributed by atoms with E-state index in [1.54, 1.807) is 13.8 Å². The van der Waals surface area contributed by atoms with Crippen LogP contribution in [0.25, 0.3) is 0 Å². The predicted octanol–water partition coefficient (Wildman–Crippen LogP) is 1.51. The van der Waals surface area contributed by atoms with E-state index in [4.69, 9.17) is 0 Å². The smallest absolute Gasteiger partial charge is 0.194 e. The summed E-state index contributed by atoms with van der Waals surface area (Å²) in [5.41, 5.74) is 0.123. The standard InChI is InChI=1S/C14H29N3O2S/c1-7-15-12(16-10-13(2,3)4)17-8-9-20(18,19)14(5,6)11-17/h7-11H2,1-6H3,(H,15,16). The lowest BCUT2D eigenvalue weighted by Crippen LogP contribution is -2.57. The summed E-state index contributed by atoms with van der Waals surface area (Å²) in [6.07, 6.45) is 0. The van der Waals surface area contributed by atoms with Crippen molar-refractivity contribution in [3.05, 3.63) is 0 Å². The van der Waals surface area contributed by atoms with Gasteiger partial charge in [-0.3, -0.25) is 4.99 Å². The predicted molar refractivity (Wildman–Crippen MR) is 84.9 cm³/mol. The molecule has 0 aromatic rings. The third-order valence-corrected chi connectivity index (χ3v) is 5.91. The lowest BCUT2D eigenvalue weighted by Gasteiger charge is -2.39. The van der Waals surface area contributed by atoms with E-state index in [-0.39, 0.29) is 11.2 Å². The normalized spacial score (nSPS) is 22.7. The highest BCUT2D eigenvalue weighted by atomic mass is 32.2. The van der Waals surface area contributed by atoms with Gasteiger partial charge in [-0.05, 0) is 26.2 Å². The van der Waals surface area contributed by atoms with Crippen LogP contribution in [0.5, 0.6) is 0 Å². The Morgan fingerprint density at radius 1 is 1.35 bits per heavy atom. The Kier molecular flexibility index (Phi) is 5.11. The van der Waals surface area contributed by atoms with E-state index in [0.29, 0.717) is 13.1 Å². The summed E-state index contributed by atoms with van der Waals surface area (Å²) >= 11 is 0. The maximum absolute atomic E-state index is 12.1. The van der Waals surface area contributed by atoms with Gasteiger partial charge in [0.2, 0.25) is 0 Å². The van der Waals surface area contributed by atoms with Crippen molar-refractivity contribution in [2.24, 2.45) is 10.4 Å². The van der Waals surface area contributed by atoms with Crippen LogP contribution in [0.2, 0.25) is 0 Å². The molecule has 0 atom stereocenters. The van der Waals surface area contributed by atoms with E-state index < -0.39 is 14.6 Å². The van der Waals surface area contributed by atoms with Crippen LogP contribution in [-0.4, -0.2) is 56.0 Å². The highest BCUT2D eigenvalue weighted by Gasteiger charge is 2.40. The topological polar surface area (TPSA) is 61.8 Å². The van der Waals surface area contributed by atoms with E-state index in [9.17, 15) is 8.42 Å². The molecule has 1 saturated heterocycles. The summed E-state index contributed by atoms with van der Waals surface area (Å²) in [5, 5.41) is 3.27. The fourth-order valence-electron chi connectivity index (χ4n) is 2.06. The van der Waals surface area contributed by atoms with Gasteiger partial charge in [0.15, 0.2) is 15.8 Å². The van der Waals surface area contributed by atoms with Crippen molar-refractivity contribution in [2.45, 2.75) is 46.3 Å². The van der Waals surface area contributed by atoms with Crippen molar-refractivity contribution >= 4 is 15.8 Å². The maximum atomic E-state index is 12.1. The van der Waals surface area contributed by atoms with E-state index >= 15 is 0 Å². The summed E-state index contributed by atoms with van der Waals surface area (Å²) in [6, 6.07) is 0. The molecule has 0 spiro atoms. The molecule has 118 valence electrons. The number of nitrogens with zero attached hydrogens (tertiary/aromatic N) is 2. The van der Waals surface area contributed by atoms with Crippen LogP contribution in [0.15, 0.2) is 4.99 Å². The third-order valence-electron chi connectivity index (χ3n) is 3.38. The number of aliphatic imine (C=N–C) groups is 1. The first-order chi connectivity index (χ1) is 8.98. The number of rotatable bonds is 2. The highest BCUT2D eigenvalue weighted by molar-refractivity contribution is 7.92. The van der Waals surface area contributed by atoms with E-state index in [1.807, 2.05) is 6.92 Å². The first-order valence-corrected chi connectivity index (χ1v) is 8.89. The van der Waals surface area contributed by atoms with Gasteiger partial charge in [0.1, 0.15) is 0 Å². The molecule has 1 aliphatic rings. The van der Waals surface area contributed by atoms with Crippen LogP contribution in [0.4, 0.5) is 0 Å². The van der Waals surface area contributed by atoms with Gasteiger partial charge in [-0.1, -0.05) is 20.8 Å². The average molecular weight is 303 g/mol. The van der Waals surface area contributed by atoms with Crippen molar-refractivity contribution < 1.29 is 8.42 Å². The van der Waals surface area contributed by atoms with Crippen molar-refractivity contribution in [2.75, 3.05) is 31.9 Å². The quantitative estimate of drug-likeness (QED) is 0.620. The second kappa shape index (κ2) is 5.92. The average Bonchev–Trinajstić information content (AvgIpc) is 2.27. The van der Waals surface area contributed by atoms with Crippen molar-refractivity contribution in [3.8, 4) is 0 Å². The summed E-state index contributed by atoms with van der Waals surface area (Å²) < 4.78 is 23.4. The summed E-state index contributed by atoms with van der Waals surface area (Å²) in [6.45, 7) is 14.6. The molecule has 1 heterocycles. The molecule has 0 aromatic heterocycles.